The second kappa shape index (κ2) is 7.55. The predicted octanol–water partition coefficient (Wildman–Crippen LogP) is 2.29. The Hall–Kier alpha value is -2.57. The van der Waals surface area contributed by atoms with Crippen LogP contribution in [-0.4, -0.2) is 59.0 Å². The van der Waals surface area contributed by atoms with Crippen molar-refractivity contribution in [3.63, 3.8) is 0 Å². The van der Waals surface area contributed by atoms with E-state index in [1.54, 1.807) is 6.20 Å². The molecule has 134 valence electrons. The van der Waals surface area contributed by atoms with Crippen LogP contribution in [0.1, 0.15) is 35.6 Å². The van der Waals surface area contributed by atoms with Gasteiger partial charge in [-0.15, -0.1) is 0 Å². The van der Waals surface area contributed by atoms with Crippen LogP contribution >= 0.6 is 0 Å². The van der Waals surface area contributed by atoms with Gasteiger partial charge in [-0.1, -0.05) is 0 Å². The number of amides is 1. The Kier molecular flexibility index (Phi) is 5.21. The van der Waals surface area contributed by atoms with Crippen LogP contribution in [0, 0.1) is 6.92 Å². The van der Waals surface area contributed by atoms with E-state index in [1.165, 1.54) is 0 Å². The van der Waals surface area contributed by atoms with Crippen LogP contribution in [0.2, 0.25) is 0 Å². The third-order valence-corrected chi connectivity index (χ3v) is 4.53. The number of carbonyl (C=O) groups is 1. The lowest BCUT2D eigenvalue weighted by atomic mass is 10.1. The van der Waals surface area contributed by atoms with E-state index in [1.807, 2.05) is 43.1 Å². The summed E-state index contributed by atoms with van der Waals surface area (Å²) >= 11 is 0. The fraction of sp³-hybridized carbons (Fsp3) is 0.500. The number of imidazole rings is 1. The Balaban J connectivity index is 1.57. The smallest absolute Gasteiger partial charge is 0.271 e. The third-order valence-electron chi connectivity index (χ3n) is 4.53. The van der Waals surface area contributed by atoms with E-state index < -0.39 is 0 Å². The SMILES string of the molecule is Cc1ncc(C(=O)N2CCC[C@H](Nc3ccc(N(C)C)nc3)CC2)[nH]1. The van der Waals surface area contributed by atoms with Crippen molar-refractivity contribution >= 4 is 17.4 Å². The Morgan fingerprint density at radius 2 is 2.08 bits per heavy atom. The molecule has 0 saturated carbocycles. The van der Waals surface area contributed by atoms with Gasteiger partial charge >= 0.3 is 0 Å². The Morgan fingerprint density at radius 3 is 2.72 bits per heavy atom. The van der Waals surface area contributed by atoms with Crippen molar-refractivity contribution < 1.29 is 4.79 Å². The summed E-state index contributed by atoms with van der Waals surface area (Å²) in [7, 11) is 3.96. The molecule has 2 N–H and O–H groups in total. The van der Waals surface area contributed by atoms with Gasteiger partial charge in [0.1, 0.15) is 17.3 Å². The number of nitrogens with zero attached hydrogens (tertiary/aromatic N) is 4. The minimum Gasteiger partial charge on any atom is -0.381 e. The van der Waals surface area contributed by atoms with E-state index in [4.69, 9.17) is 0 Å². The maximum Gasteiger partial charge on any atom is 0.271 e. The van der Waals surface area contributed by atoms with Crippen LogP contribution in [-0.2, 0) is 0 Å². The quantitative estimate of drug-likeness (QED) is 0.891. The van der Waals surface area contributed by atoms with Crippen LogP contribution in [0.4, 0.5) is 11.5 Å². The molecule has 1 saturated heterocycles. The lowest BCUT2D eigenvalue weighted by Gasteiger charge is -2.20. The van der Waals surface area contributed by atoms with Crippen molar-refractivity contribution in [3.05, 3.63) is 36.0 Å². The third kappa shape index (κ3) is 4.29. The second-order valence-electron chi connectivity index (χ2n) is 6.75. The van der Waals surface area contributed by atoms with Crippen LogP contribution in [0.3, 0.4) is 0 Å². The molecule has 0 spiro atoms. The van der Waals surface area contributed by atoms with Gasteiger partial charge in [0.05, 0.1) is 18.1 Å². The number of rotatable bonds is 4. The summed E-state index contributed by atoms with van der Waals surface area (Å²) in [5.74, 6) is 1.75. The highest BCUT2D eigenvalue weighted by Gasteiger charge is 2.22. The predicted molar refractivity (Wildman–Crippen MR) is 99.1 cm³/mol. The molecule has 1 atom stereocenters. The van der Waals surface area contributed by atoms with Crippen LogP contribution in [0.15, 0.2) is 24.5 Å². The van der Waals surface area contributed by atoms with Crippen molar-refractivity contribution in [3.8, 4) is 0 Å². The van der Waals surface area contributed by atoms with E-state index in [-0.39, 0.29) is 5.91 Å². The lowest BCUT2D eigenvalue weighted by molar-refractivity contribution is 0.0756. The number of pyridine rings is 1. The first-order chi connectivity index (χ1) is 12.0. The van der Waals surface area contributed by atoms with E-state index in [9.17, 15) is 4.79 Å². The summed E-state index contributed by atoms with van der Waals surface area (Å²) in [4.78, 5) is 28.0. The zero-order valence-electron chi connectivity index (χ0n) is 15.1. The Bertz CT molecular complexity index is 709. The number of H-pyrrole nitrogens is 1. The number of aryl methyl sites for hydroxylation is 1. The molecule has 0 unspecified atom stereocenters. The van der Waals surface area contributed by atoms with Gasteiger partial charge < -0.3 is 20.1 Å². The fourth-order valence-electron chi connectivity index (χ4n) is 3.12. The summed E-state index contributed by atoms with van der Waals surface area (Å²) in [6.07, 6.45) is 6.45. The highest BCUT2D eigenvalue weighted by atomic mass is 16.2. The van der Waals surface area contributed by atoms with Crippen molar-refractivity contribution in [2.24, 2.45) is 0 Å². The van der Waals surface area contributed by atoms with Crippen molar-refractivity contribution in [2.45, 2.75) is 32.2 Å². The van der Waals surface area contributed by atoms with E-state index in [2.05, 4.69) is 26.3 Å². The topological polar surface area (TPSA) is 77.2 Å². The van der Waals surface area contributed by atoms with Gasteiger partial charge in [0.25, 0.3) is 5.91 Å². The summed E-state index contributed by atoms with van der Waals surface area (Å²) < 4.78 is 0. The molecule has 7 nitrogen and oxygen atoms in total. The van der Waals surface area contributed by atoms with Crippen LogP contribution < -0.4 is 10.2 Å². The van der Waals surface area contributed by atoms with Gasteiger partial charge in [-0.2, -0.15) is 0 Å². The largest absolute Gasteiger partial charge is 0.381 e. The molecule has 3 heterocycles. The highest BCUT2D eigenvalue weighted by Crippen LogP contribution is 2.19. The molecule has 0 bridgehead atoms. The number of nitrogens with one attached hydrogen (secondary N) is 2. The maximum atomic E-state index is 12.6. The molecule has 1 aliphatic heterocycles. The molecule has 1 aliphatic rings. The van der Waals surface area contributed by atoms with Gasteiger partial charge in [0.15, 0.2) is 0 Å². The normalized spacial score (nSPS) is 17.9. The highest BCUT2D eigenvalue weighted by molar-refractivity contribution is 5.92. The molecule has 7 heteroatoms. The van der Waals surface area contributed by atoms with Gasteiger partial charge in [-0.25, -0.2) is 9.97 Å². The molecular weight excluding hydrogens is 316 g/mol. The van der Waals surface area contributed by atoms with Gasteiger partial charge in [0.2, 0.25) is 0 Å². The zero-order valence-corrected chi connectivity index (χ0v) is 15.1. The maximum absolute atomic E-state index is 12.6. The van der Waals surface area contributed by atoms with Crippen LogP contribution in [0.5, 0.6) is 0 Å². The number of carbonyl (C=O) groups excluding carboxylic acids is 1. The van der Waals surface area contributed by atoms with Crippen molar-refractivity contribution in [1.82, 2.24) is 19.9 Å². The van der Waals surface area contributed by atoms with Crippen molar-refractivity contribution in [2.75, 3.05) is 37.4 Å². The number of anilines is 2. The zero-order chi connectivity index (χ0) is 17.8. The van der Waals surface area contributed by atoms with Gasteiger partial charge in [0, 0.05) is 33.2 Å². The average Bonchev–Trinajstić information content (AvgIpc) is 2.90. The molecular formula is C18H26N6O. The molecule has 0 aliphatic carbocycles. The first-order valence-electron chi connectivity index (χ1n) is 8.74. The fourth-order valence-corrected chi connectivity index (χ4v) is 3.12. The monoisotopic (exact) mass is 342 g/mol. The summed E-state index contributed by atoms with van der Waals surface area (Å²) in [6, 6.07) is 4.42. The number of hydrogen-bond donors (Lipinski definition) is 2. The minimum absolute atomic E-state index is 0.0400. The molecule has 0 radical (unpaired) electrons. The molecule has 2 aromatic heterocycles. The molecule has 0 aromatic carbocycles. The molecule has 1 fully saturated rings. The molecule has 25 heavy (non-hydrogen) atoms. The van der Waals surface area contributed by atoms with Gasteiger partial charge in [-0.05, 0) is 38.3 Å². The van der Waals surface area contributed by atoms with Gasteiger partial charge in [-0.3, -0.25) is 4.79 Å². The lowest BCUT2D eigenvalue weighted by Crippen LogP contribution is -2.33. The first kappa shape index (κ1) is 17.3. The standard InChI is InChI=1S/C18H26N6O/c1-13-19-12-16(21-13)18(25)24-9-4-5-14(8-10-24)22-15-6-7-17(20-11-15)23(2)3/h6-7,11-12,14,22H,4-5,8-10H2,1-3H3,(H,19,21)/t14-/m0/s1. The van der Waals surface area contributed by atoms with E-state index in [0.717, 1.165) is 49.7 Å². The Morgan fingerprint density at radius 1 is 1.24 bits per heavy atom. The number of likely N-dealkylation sites (tertiary alicyclic amines) is 1. The molecule has 2 aromatic rings. The number of aromatic amines is 1. The second-order valence-corrected chi connectivity index (χ2v) is 6.75. The molecule has 1 amide bonds. The summed E-state index contributed by atoms with van der Waals surface area (Å²) in [5, 5.41) is 3.55. The van der Waals surface area contributed by atoms with Crippen molar-refractivity contribution in [1.29, 1.82) is 0 Å². The number of hydrogen-bond acceptors (Lipinski definition) is 5. The Labute approximate surface area is 148 Å². The molecule has 3 rings (SSSR count). The van der Waals surface area contributed by atoms with E-state index in [0.29, 0.717) is 11.7 Å². The summed E-state index contributed by atoms with van der Waals surface area (Å²) in [6.45, 7) is 3.39. The van der Waals surface area contributed by atoms with E-state index >= 15 is 0 Å². The first-order valence-corrected chi connectivity index (χ1v) is 8.74. The van der Waals surface area contributed by atoms with Crippen LogP contribution in [0.25, 0.3) is 0 Å². The minimum atomic E-state index is 0.0400. The number of aromatic nitrogens is 3. The summed E-state index contributed by atoms with van der Waals surface area (Å²) in [5.41, 5.74) is 1.60. The average molecular weight is 342 g/mol.